The summed E-state index contributed by atoms with van der Waals surface area (Å²) in [6, 6.07) is 18.8. The fraction of sp³-hybridized carbons (Fsp3) is 0.263. The summed E-state index contributed by atoms with van der Waals surface area (Å²) in [7, 11) is 1.71. The Morgan fingerprint density at radius 2 is 1.85 bits per heavy atom. The van der Waals surface area contributed by atoms with E-state index in [0.717, 1.165) is 18.6 Å². The van der Waals surface area contributed by atoms with Crippen molar-refractivity contribution in [1.82, 2.24) is 0 Å². The molecule has 1 atom stereocenters. The summed E-state index contributed by atoms with van der Waals surface area (Å²) in [6.45, 7) is 2.27. The molecular weight excluding hydrogens is 244 g/mol. The zero-order valence-electron chi connectivity index (χ0n) is 12.3. The molecule has 0 amide bonds. The van der Waals surface area contributed by atoms with E-state index in [4.69, 9.17) is 4.74 Å². The maximum Gasteiger partial charge on any atom is 0.119 e. The highest BCUT2D eigenvalue weighted by Crippen LogP contribution is 2.24. The van der Waals surface area contributed by atoms with E-state index < -0.39 is 0 Å². The molecule has 0 fully saturated rings. The number of ether oxygens (including phenoxy) is 1. The van der Waals surface area contributed by atoms with Gasteiger partial charge >= 0.3 is 0 Å². The third-order valence-electron chi connectivity index (χ3n) is 3.54. The average Bonchev–Trinajstić information content (AvgIpc) is 2.52. The molecule has 0 aliphatic heterocycles. The van der Waals surface area contributed by atoms with Crippen LogP contribution in [0.2, 0.25) is 0 Å². The number of rotatable bonds is 6. The molecule has 0 bridgehead atoms. The second-order valence-electron chi connectivity index (χ2n) is 5.07. The zero-order valence-corrected chi connectivity index (χ0v) is 12.3. The van der Waals surface area contributed by atoms with Gasteiger partial charge in [0, 0.05) is 0 Å². The molecule has 2 aromatic carbocycles. The van der Waals surface area contributed by atoms with Gasteiger partial charge in [-0.15, -0.1) is 0 Å². The van der Waals surface area contributed by atoms with Crippen LogP contribution in [0.1, 0.15) is 36.8 Å². The van der Waals surface area contributed by atoms with Gasteiger partial charge in [0.15, 0.2) is 0 Å². The molecule has 2 aromatic rings. The number of methoxy groups -OCH3 is 1. The highest BCUT2D eigenvalue weighted by Gasteiger charge is 2.05. The standard InChI is InChI=1S/C19H22O/c1-16(18-13-8-14-19(15-18)20-2)9-6-7-12-17-10-4-3-5-11-17/h3-5,7-8,10-16H,6,9H2,1-2H3/b12-7+/t16-/m0/s1. The van der Waals surface area contributed by atoms with Crippen molar-refractivity contribution in [3.8, 4) is 5.75 Å². The molecule has 0 aliphatic carbocycles. The number of allylic oxidation sites excluding steroid dienone is 1. The second kappa shape index (κ2) is 7.54. The first kappa shape index (κ1) is 14.4. The number of benzene rings is 2. The van der Waals surface area contributed by atoms with Crippen molar-refractivity contribution in [2.45, 2.75) is 25.7 Å². The molecule has 0 saturated carbocycles. The summed E-state index contributed by atoms with van der Waals surface area (Å²) in [5.74, 6) is 1.49. The van der Waals surface area contributed by atoms with Gasteiger partial charge in [0.05, 0.1) is 7.11 Å². The van der Waals surface area contributed by atoms with Crippen LogP contribution in [0.4, 0.5) is 0 Å². The van der Waals surface area contributed by atoms with Crippen LogP contribution in [0.3, 0.4) is 0 Å². The van der Waals surface area contributed by atoms with Gasteiger partial charge in [-0.3, -0.25) is 0 Å². The fourth-order valence-corrected chi connectivity index (χ4v) is 2.24. The highest BCUT2D eigenvalue weighted by molar-refractivity contribution is 5.48. The fourth-order valence-electron chi connectivity index (χ4n) is 2.24. The van der Waals surface area contributed by atoms with Gasteiger partial charge in [-0.2, -0.15) is 0 Å². The predicted molar refractivity (Wildman–Crippen MR) is 86.1 cm³/mol. The Hall–Kier alpha value is -2.02. The molecule has 20 heavy (non-hydrogen) atoms. The van der Waals surface area contributed by atoms with E-state index in [2.05, 4.69) is 61.5 Å². The van der Waals surface area contributed by atoms with Crippen LogP contribution < -0.4 is 4.74 Å². The lowest BCUT2D eigenvalue weighted by atomic mass is 9.96. The lowest BCUT2D eigenvalue weighted by Crippen LogP contribution is -1.93. The third-order valence-corrected chi connectivity index (χ3v) is 3.54. The lowest BCUT2D eigenvalue weighted by Gasteiger charge is -2.11. The van der Waals surface area contributed by atoms with Crippen molar-refractivity contribution >= 4 is 6.08 Å². The molecule has 0 spiro atoms. The Morgan fingerprint density at radius 3 is 2.60 bits per heavy atom. The maximum atomic E-state index is 5.27. The molecule has 0 aliphatic rings. The SMILES string of the molecule is COc1cccc([C@@H](C)CC/C=C/c2ccccc2)c1. The number of hydrogen-bond acceptors (Lipinski definition) is 1. The van der Waals surface area contributed by atoms with Gasteiger partial charge in [0.25, 0.3) is 0 Å². The van der Waals surface area contributed by atoms with Gasteiger partial charge in [-0.1, -0.05) is 61.5 Å². The molecule has 2 rings (SSSR count). The first-order chi connectivity index (χ1) is 9.79. The minimum atomic E-state index is 0.547. The van der Waals surface area contributed by atoms with Crippen LogP contribution >= 0.6 is 0 Å². The van der Waals surface area contributed by atoms with Crippen LogP contribution in [-0.2, 0) is 0 Å². The monoisotopic (exact) mass is 266 g/mol. The molecule has 1 heteroatoms. The summed E-state index contributed by atoms with van der Waals surface area (Å²) in [5, 5.41) is 0. The van der Waals surface area contributed by atoms with Crippen LogP contribution in [0, 0.1) is 0 Å². The van der Waals surface area contributed by atoms with Crippen molar-refractivity contribution in [1.29, 1.82) is 0 Å². The highest BCUT2D eigenvalue weighted by atomic mass is 16.5. The first-order valence-electron chi connectivity index (χ1n) is 7.15. The number of hydrogen-bond donors (Lipinski definition) is 0. The van der Waals surface area contributed by atoms with Crippen LogP contribution in [0.15, 0.2) is 60.7 Å². The van der Waals surface area contributed by atoms with Crippen molar-refractivity contribution in [2.75, 3.05) is 7.11 Å². The smallest absolute Gasteiger partial charge is 0.119 e. The topological polar surface area (TPSA) is 9.23 Å². The van der Waals surface area contributed by atoms with Gasteiger partial charge in [0.2, 0.25) is 0 Å². The predicted octanol–water partition coefficient (Wildman–Crippen LogP) is 5.29. The Morgan fingerprint density at radius 1 is 1.05 bits per heavy atom. The van der Waals surface area contributed by atoms with Gasteiger partial charge in [-0.05, 0) is 42.0 Å². The van der Waals surface area contributed by atoms with Gasteiger partial charge < -0.3 is 4.74 Å². The van der Waals surface area contributed by atoms with E-state index in [1.54, 1.807) is 7.11 Å². The molecular formula is C19H22O. The summed E-state index contributed by atoms with van der Waals surface area (Å²) in [5.41, 5.74) is 2.61. The zero-order chi connectivity index (χ0) is 14.2. The molecule has 1 nitrogen and oxygen atoms in total. The maximum absolute atomic E-state index is 5.27. The molecule has 0 radical (unpaired) electrons. The van der Waals surface area contributed by atoms with Crippen molar-refractivity contribution < 1.29 is 4.74 Å². The lowest BCUT2D eigenvalue weighted by molar-refractivity contribution is 0.414. The Balaban J connectivity index is 1.85. The third kappa shape index (κ3) is 4.27. The molecule has 0 unspecified atom stereocenters. The van der Waals surface area contributed by atoms with Crippen molar-refractivity contribution in [3.05, 3.63) is 71.8 Å². The average molecular weight is 266 g/mol. The van der Waals surface area contributed by atoms with E-state index in [0.29, 0.717) is 5.92 Å². The Bertz CT molecular complexity index is 543. The van der Waals surface area contributed by atoms with E-state index in [9.17, 15) is 0 Å². The van der Waals surface area contributed by atoms with E-state index >= 15 is 0 Å². The second-order valence-corrected chi connectivity index (χ2v) is 5.07. The summed E-state index contributed by atoms with van der Waals surface area (Å²) in [4.78, 5) is 0. The van der Waals surface area contributed by atoms with E-state index in [1.165, 1.54) is 11.1 Å². The van der Waals surface area contributed by atoms with Gasteiger partial charge in [0.1, 0.15) is 5.75 Å². The molecule has 104 valence electrons. The summed E-state index contributed by atoms with van der Waals surface area (Å²) >= 11 is 0. The van der Waals surface area contributed by atoms with Crippen LogP contribution in [-0.4, -0.2) is 7.11 Å². The summed E-state index contributed by atoms with van der Waals surface area (Å²) in [6.07, 6.45) is 6.69. The molecule has 0 N–H and O–H groups in total. The van der Waals surface area contributed by atoms with E-state index in [-0.39, 0.29) is 0 Å². The van der Waals surface area contributed by atoms with Crippen molar-refractivity contribution in [3.63, 3.8) is 0 Å². The van der Waals surface area contributed by atoms with Crippen LogP contribution in [0.5, 0.6) is 5.75 Å². The van der Waals surface area contributed by atoms with Crippen molar-refractivity contribution in [2.24, 2.45) is 0 Å². The molecule has 0 aromatic heterocycles. The quantitative estimate of drug-likeness (QED) is 0.690. The minimum Gasteiger partial charge on any atom is -0.497 e. The van der Waals surface area contributed by atoms with E-state index in [1.807, 2.05) is 12.1 Å². The van der Waals surface area contributed by atoms with Crippen LogP contribution in [0.25, 0.3) is 6.08 Å². The Kier molecular flexibility index (Phi) is 5.43. The largest absolute Gasteiger partial charge is 0.497 e. The normalized spacial score (nSPS) is 12.5. The first-order valence-corrected chi connectivity index (χ1v) is 7.15. The minimum absolute atomic E-state index is 0.547. The summed E-state index contributed by atoms with van der Waals surface area (Å²) < 4.78 is 5.27. The van der Waals surface area contributed by atoms with Gasteiger partial charge in [-0.25, -0.2) is 0 Å². The Labute approximate surface area is 121 Å². The molecule has 0 heterocycles. The molecule has 0 saturated heterocycles.